The van der Waals surface area contributed by atoms with Crippen molar-refractivity contribution in [2.75, 3.05) is 0 Å². The molecule has 2 aromatic rings. The molecule has 0 spiro atoms. The second-order valence-electron chi connectivity index (χ2n) is 5.67. The van der Waals surface area contributed by atoms with Gasteiger partial charge in [-0.05, 0) is 62.1 Å². The van der Waals surface area contributed by atoms with Crippen molar-refractivity contribution in [1.82, 2.24) is 5.32 Å². The van der Waals surface area contributed by atoms with Crippen LogP contribution < -0.4 is 5.32 Å². The molecule has 112 valence electrons. The Morgan fingerprint density at radius 3 is 2.19 bits per heavy atom. The first-order valence-electron chi connectivity index (χ1n) is 7.31. The Kier molecular flexibility index (Phi) is 5.66. The van der Waals surface area contributed by atoms with E-state index in [1.54, 1.807) is 12.1 Å². The predicted molar refractivity (Wildman–Crippen MR) is 89.0 cm³/mol. The molecule has 0 aliphatic rings. The maximum absolute atomic E-state index is 9.30. The van der Waals surface area contributed by atoms with Crippen LogP contribution in [0.3, 0.4) is 0 Å². The number of hydrogen-bond acceptors (Lipinski definition) is 2. The van der Waals surface area contributed by atoms with E-state index < -0.39 is 0 Å². The van der Waals surface area contributed by atoms with E-state index in [0.29, 0.717) is 17.8 Å². The first-order valence-corrected chi connectivity index (χ1v) is 7.69. The summed E-state index contributed by atoms with van der Waals surface area (Å²) in [5.41, 5.74) is 2.47. The molecular formula is C18H22ClNO. The first kappa shape index (κ1) is 15.9. The summed E-state index contributed by atoms with van der Waals surface area (Å²) in [5.74, 6) is 0.314. The van der Waals surface area contributed by atoms with Crippen LogP contribution in [0.2, 0.25) is 5.02 Å². The van der Waals surface area contributed by atoms with E-state index in [2.05, 4.69) is 25.2 Å². The van der Waals surface area contributed by atoms with Crippen molar-refractivity contribution in [2.45, 2.75) is 38.8 Å². The van der Waals surface area contributed by atoms with E-state index in [-0.39, 0.29) is 0 Å². The Hall–Kier alpha value is -1.51. The van der Waals surface area contributed by atoms with E-state index in [0.717, 1.165) is 17.9 Å². The lowest BCUT2D eigenvalue weighted by molar-refractivity contribution is 0.460. The van der Waals surface area contributed by atoms with Crippen molar-refractivity contribution in [3.63, 3.8) is 0 Å². The summed E-state index contributed by atoms with van der Waals surface area (Å²) in [4.78, 5) is 0. The van der Waals surface area contributed by atoms with Crippen molar-refractivity contribution in [3.05, 3.63) is 64.7 Å². The Morgan fingerprint density at radius 2 is 1.57 bits per heavy atom. The highest BCUT2D eigenvalue weighted by Gasteiger charge is 2.09. The lowest BCUT2D eigenvalue weighted by atomic mass is 10.0. The molecule has 2 nitrogen and oxygen atoms in total. The summed E-state index contributed by atoms with van der Waals surface area (Å²) >= 11 is 6.01. The number of rotatable bonds is 6. The largest absolute Gasteiger partial charge is 0.508 e. The summed E-state index contributed by atoms with van der Waals surface area (Å²) < 4.78 is 0. The molecule has 0 saturated heterocycles. The molecule has 0 aromatic heterocycles. The summed E-state index contributed by atoms with van der Waals surface area (Å²) in [6.45, 7) is 4.37. The third-order valence-corrected chi connectivity index (χ3v) is 3.71. The van der Waals surface area contributed by atoms with Gasteiger partial charge in [0.25, 0.3) is 0 Å². The average Bonchev–Trinajstić information content (AvgIpc) is 2.41. The molecule has 0 bridgehead atoms. The van der Waals surface area contributed by atoms with Crippen molar-refractivity contribution < 1.29 is 5.11 Å². The molecule has 2 atom stereocenters. The van der Waals surface area contributed by atoms with Crippen LogP contribution in [0.25, 0.3) is 0 Å². The van der Waals surface area contributed by atoms with Crippen LogP contribution in [-0.2, 0) is 12.8 Å². The Labute approximate surface area is 131 Å². The minimum absolute atomic E-state index is 0.314. The van der Waals surface area contributed by atoms with Gasteiger partial charge in [-0.3, -0.25) is 0 Å². The van der Waals surface area contributed by atoms with Crippen LogP contribution in [0.1, 0.15) is 25.0 Å². The summed E-state index contributed by atoms with van der Waals surface area (Å²) in [6, 6.07) is 16.2. The molecular weight excluding hydrogens is 282 g/mol. The maximum atomic E-state index is 9.30. The van der Waals surface area contributed by atoms with Gasteiger partial charge >= 0.3 is 0 Å². The van der Waals surface area contributed by atoms with Crippen LogP contribution in [0.5, 0.6) is 5.75 Å². The van der Waals surface area contributed by atoms with Gasteiger partial charge in [0.05, 0.1) is 0 Å². The van der Waals surface area contributed by atoms with Crippen LogP contribution in [0.15, 0.2) is 48.5 Å². The molecule has 2 N–H and O–H groups in total. The van der Waals surface area contributed by atoms with Crippen molar-refractivity contribution >= 4 is 11.6 Å². The van der Waals surface area contributed by atoms with Gasteiger partial charge < -0.3 is 10.4 Å². The van der Waals surface area contributed by atoms with Crippen LogP contribution in [-0.4, -0.2) is 17.2 Å². The van der Waals surface area contributed by atoms with Gasteiger partial charge in [0, 0.05) is 17.1 Å². The minimum atomic E-state index is 0.314. The molecule has 0 heterocycles. The molecule has 0 fully saturated rings. The molecule has 0 amide bonds. The molecule has 0 saturated carbocycles. The molecule has 2 unspecified atom stereocenters. The third-order valence-electron chi connectivity index (χ3n) is 3.48. The highest BCUT2D eigenvalue weighted by molar-refractivity contribution is 6.30. The van der Waals surface area contributed by atoms with Crippen LogP contribution in [0.4, 0.5) is 0 Å². The fraction of sp³-hybridized carbons (Fsp3) is 0.333. The number of halogens is 1. The van der Waals surface area contributed by atoms with Gasteiger partial charge in [0.1, 0.15) is 5.75 Å². The average molecular weight is 304 g/mol. The molecule has 2 aromatic carbocycles. The highest BCUT2D eigenvalue weighted by Crippen LogP contribution is 2.14. The molecule has 2 rings (SSSR count). The fourth-order valence-electron chi connectivity index (χ4n) is 2.61. The molecule has 0 aliphatic heterocycles. The summed E-state index contributed by atoms with van der Waals surface area (Å²) in [7, 11) is 0. The lowest BCUT2D eigenvalue weighted by Gasteiger charge is -2.20. The van der Waals surface area contributed by atoms with E-state index in [9.17, 15) is 5.11 Å². The monoisotopic (exact) mass is 303 g/mol. The fourth-order valence-corrected chi connectivity index (χ4v) is 2.82. The molecule has 0 radical (unpaired) electrons. The van der Waals surface area contributed by atoms with Crippen molar-refractivity contribution in [2.24, 2.45) is 0 Å². The zero-order chi connectivity index (χ0) is 15.2. The standard InChI is InChI=1S/C18H22ClNO/c1-13(10-15-6-8-18(21)9-7-15)20-14(2)11-16-4-3-5-17(19)12-16/h3-9,12-14,20-21H,10-11H2,1-2H3. The quantitative estimate of drug-likeness (QED) is 0.838. The molecule has 21 heavy (non-hydrogen) atoms. The number of phenolic OH excluding ortho intramolecular Hbond substituents is 1. The van der Waals surface area contributed by atoms with Gasteiger partial charge in [-0.2, -0.15) is 0 Å². The van der Waals surface area contributed by atoms with E-state index >= 15 is 0 Å². The summed E-state index contributed by atoms with van der Waals surface area (Å²) in [5, 5.41) is 13.7. The van der Waals surface area contributed by atoms with Crippen LogP contribution >= 0.6 is 11.6 Å². The zero-order valence-corrected chi connectivity index (χ0v) is 13.3. The number of nitrogens with one attached hydrogen (secondary N) is 1. The van der Waals surface area contributed by atoms with E-state index in [1.807, 2.05) is 30.3 Å². The van der Waals surface area contributed by atoms with Gasteiger partial charge in [-0.15, -0.1) is 0 Å². The normalized spacial score (nSPS) is 13.9. The Bertz CT molecular complexity index is 568. The van der Waals surface area contributed by atoms with E-state index in [4.69, 9.17) is 11.6 Å². The van der Waals surface area contributed by atoms with Gasteiger partial charge in [-0.25, -0.2) is 0 Å². The summed E-state index contributed by atoms with van der Waals surface area (Å²) in [6.07, 6.45) is 1.90. The smallest absolute Gasteiger partial charge is 0.115 e. The Balaban J connectivity index is 1.84. The van der Waals surface area contributed by atoms with Gasteiger partial charge in [0.2, 0.25) is 0 Å². The molecule has 3 heteroatoms. The number of aromatic hydroxyl groups is 1. The lowest BCUT2D eigenvalue weighted by Crippen LogP contribution is -2.37. The van der Waals surface area contributed by atoms with E-state index in [1.165, 1.54) is 11.1 Å². The SMILES string of the molecule is CC(Cc1ccc(O)cc1)NC(C)Cc1cccc(Cl)c1. The minimum Gasteiger partial charge on any atom is -0.508 e. The van der Waals surface area contributed by atoms with Gasteiger partial charge in [0.15, 0.2) is 0 Å². The topological polar surface area (TPSA) is 32.3 Å². The molecule has 0 aliphatic carbocycles. The van der Waals surface area contributed by atoms with Gasteiger partial charge in [-0.1, -0.05) is 35.9 Å². The second-order valence-corrected chi connectivity index (χ2v) is 6.11. The predicted octanol–water partition coefficient (Wildman–Crippen LogP) is 4.20. The number of benzene rings is 2. The second kappa shape index (κ2) is 7.48. The van der Waals surface area contributed by atoms with Crippen molar-refractivity contribution in [1.29, 1.82) is 0 Å². The number of hydrogen-bond donors (Lipinski definition) is 2. The Morgan fingerprint density at radius 1 is 0.952 bits per heavy atom. The third kappa shape index (κ3) is 5.41. The van der Waals surface area contributed by atoms with Crippen LogP contribution in [0, 0.1) is 0 Å². The first-order chi connectivity index (χ1) is 10.0. The van der Waals surface area contributed by atoms with Crippen molar-refractivity contribution in [3.8, 4) is 5.75 Å². The number of phenols is 1. The maximum Gasteiger partial charge on any atom is 0.115 e. The zero-order valence-electron chi connectivity index (χ0n) is 12.5. The highest BCUT2D eigenvalue weighted by atomic mass is 35.5.